The van der Waals surface area contributed by atoms with E-state index in [9.17, 15) is 0 Å². The molecule has 1 aliphatic carbocycles. The zero-order valence-electron chi connectivity index (χ0n) is 24.1. The fraction of sp³-hybridized carbons (Fsp3) is 0.176. The van der Waals surface area contributed by atoms with E-state index in [1.54, 1.807) is 45.3 Å². The lowest BCUT2D eigenvalue weighted by molar-refractivity contribution is 0.0282. The van der Waals surface area contributed by atoms with Gasteiger partial charge in [-0.15, -0.1) is 22.7 Å². The third-order valence-electron chi connectivity index (χ3n) is 9.16. The molecule has 0 bridgehead atoms. The van der Waals surface area contributed by atoms with Crippen molar-refractivity contribution in [3.8, 4) is 15.5 Å². The van der Waals surface area contributed by atoms with E-state index in [0.29, 0.717) is 39.0 Å². The lowest BCUT2D eigenvalue weighted by atomic mass is 9.78. The lowest BCUT2D eigenvalue weighted by Crippen LogP contribution is -2.37. The maximum Gasteiger partial charge on any atom is 0.211 e. The van der Waals surface area contributed by atoms with E-state index in [1.165, 1.54) is 16.9 Å². The summed E-state index contributed by atoms with van der Waals surface area (Å²) < 4.78 is 12.1. The molecular formula is C34H18N4OS8. The predicted octanol–water partition coefficient (Wildman–Crippen LogP) is 11.7. The van der Waals surface area contributed by atoms with Crippen molar-refractivity contribution in [1.82, 2.24) is 9.97 Å². The molecule has 1 fully saturated rings. The third kappa shape index (κ3) is 4.18. The highest BCUT2D eigenvalue weighted by Gasteiger charge is 2.47. The van der Waals surface area contributed by atoms with Crippen LogP contribution in [0, 0.1) is 18.0 Å². The molecule has 4 aromatic carbocycles. The van der Waals surface area contributed by atoms with Crippen LogP contribution in [0.2, 0.25) is 0 Å². The van der Waals surface area contributed by atoms with Crippen LogP contribution in [0.3, 0.4) is 0 Å². The zero-order chi connectivity index (χ0) is 31.6. The van der Waals surface area contributed by atoms with Crippen LogP contribution in [0.25, 0.3) is 50.4 Å². The molecule has 0 unspecified atom stereocenters. The predicted molar refractivity (Wildman–Crippen MR) is 206 cm³/mol. The van der Waals surface area contributed by atoms with Crippen molar-refractivity contribution >= 4 is 145 Å². The average molecular weight is 755 g/mol. The minimum atomic E-state index is -0.412. The summed E-state index contributed by atoms with van der Waals surface area (Å²) in [6.45, 7) is 0. The molecule has 0 saturated heterocycles. The fourth-order valence-electron chi connectivity index (χ4n) is 7.03. The van der Waals surface area contributed by atoms with Crippen molar-refractivity contribution in [3.05, 3.63) is 82.8 Å². The zero-order valence-corrected chi connectivity index (χ0v) is 30.6. The van der Waals surface area contributed by atoms with Crippen molar-refractivity contribution in [3.63, 3.8) is 0 Å². The van der Waals surface area contributed by atoms with Gasteiger partial charge < -0.3 is 4.74 Å². The molecule has 13 heteroatoms. The van der Waals surface area contributed by atoms with Gasteiger partial charge in [0.2, 0.25) is 10.3 Å². The Morgan fingerprint density at radius 2 is 1.06 bits per heavy atom. The van der Waals surface area contributed by atoms with E-state index in [0.717, 1.165) is 76.9 Å². The molecule has 47 heavy (non-hydrogen) atoms. The van der Waals surface area contributed by atoms with Crippen LogP contribution in [-0.2, 0) is 5.60 Å². The van der Waals surface area contributed by atoms with Gasteiger partial charge in [0.25, 0.3) is 0 Å². The van der Waals surface area contributed by atoms with Gasteiger partial charge in [0, 0.05) is 27.1 Å². The summed E-state index contributed by atoms with van der Waals surface area (Å²) in [4.78, 5) is 24.1. The van der Waals surface area contributed by atoms with Crippen LogP contribution in [0.15, 0.2) is 58.5 Å². The van der Waals surface area contributed by atoms with E-state index in [1.807, 2.05) is 48.5 Å². The van der Waals surface area contributed by atoms with Crippen molar-refractivity contribution in [2.45, 2.75) is 37.7 Å². The number of fused-ring (bicyclic) bond motifs is 10. The summed E-state index contributed by atoms with van der Waals surface area (Å²) in [6.07, 6.45) is 5.36. The summed E-state index contributed by atoms with van der Waals surface area (Å²) in [5.41, 5.74) is 0.854. The van der Waals surface area contributed by atoms with Gasteiger partial charge in [-0.1, -0.05) is 126 Å². The maximum atomic E-state index is 7.19. The Kier molecular flexibility index (Phi) is 6.53. The first-order valence-electron chi connectivity index (χ1n) is 15.0. The molecule has 8 aromatic rings. The minimum Gasteiger partial charge on any atom is -0.479 e. The van der Waals surface area contributed by atoms with Crippen molar-refractivity contribution in [2.24, 2.45) is 9.98 Å². The lowest BCUT2D eigenvalue weighted by Gasteiger charge is -2.40. The fourth-order valence-corrected chi connectivity index (χ4v) is 13.3. The number of thiazole rings is 2. The van der Waals surface area contributed by atoms with Crippen molar-refractivity contribution in [1.29, 1.82) is 0 Å². The van der Waals surface area contributed by atoms with E-state index < -0.39 is 5.60 Å². The van der Waals surface area contributed by atoms with Crippen LogP contribution in [0.5, 0.6) is 5.75 Å². The second-order valence-corrected chi connectivity index (χ2v) is 17.4. The van der Waals surface area contributed by atoms with E-state index in [2.05, 4.69) is 0 Å². The SMILES string of the molecule is S=c1c(=Nc2nc3sc4c(c3s2)OC2(CCCCC2)c2c-4sc3nc(N=c4c(=S)c5ccccc5c4=S)sc23)c(=S)c2ccccc12. The molecule has 1 spiro atoms. The molecule has 1 saturated carbocycles. The molecular weight excluding hydrogens is 737 g/mol. The highest BCUT2D eigenvalue weighted by molar-refractivity contribution is 7.72. The second kappa shape index (κ2) is 10.6. The van der Waals surface area contributed by atoms with E-state index in [4.69, 9.17) is 73.6 Å². The molecule has 0 atom stereocenters. The van der Waals surface area contributed by atoms with Gasteiger partial charge in [0.1, 0.15) is 30.7 Å². The number of hydrogen-bond donors (Lipinski definition) is 0. The van der Waals surface area contributed by atoms with Crippen molar-refractivity contribution < 1.29 is 4.74 Å². The van der Waals surface area contributed by atoms with Crippen LogP contribution in [-0.4, -0.2) is 9.97 Å². The molecule has 5 heterocycles. The molecule has 228 valence electrons. The largest absolute Gasteiger partial charge is 0.479 e. The molecule has 5 nitrogen and oxygen atoms in total. The Hall–Kier alpha value is -2.88. The Morgan fingerprint density at radius 3 is 1.60 bits per heavy atom. The molecule has 0 amide bonds. The molecule has 1 aliphatic heterocycles. The number of thiophene rings is 2. The Labute approximate surface area is 303 Å². The first-order chi connectivity index (χ1) is 22.9. The summed E-state index contributed by atoms with van der Waals surface area (Å²) in [5.74, 6) is 0.928. The van der Waals surface area contributed by atoms with Gasteiger partial charge in [-0.2, -0.15) is 0 Å². The number of ether oxygens (including phenoxy) is 1. The molecule has 0 N–H and O–H groups in total. The second-order valence-electron chi connectivity index (χ2n) is 11.8. The highest BCUT2D eigenvalue weighted by Crippen LogP contribution is 2.62. The van der Waals surface area contributed by atoms with Crippen LogP contribution < -0.4 is 15.5 Å². The summed E-state index contributed by atoms with van der Waals surface area (Å²) in [7, 11) is 0. The minimum absolute atomic E-state index is 0.412. The van der Waals surface area contributed by atoms with Crippen LogP contribution >= 0.6 is 94.2 Å². The van der Waals surface area contributed by atoms with Gasteiger partial charge in [-0.3, -0.25) is 0 Å². The number of hydrogen-bond acceptors (Lipinski definition) is 13. The molecule has 10 rings (SSSR count). The highest BCUT2D eigenvalue weighted by atomic mass is 32.1. The first kappa shape index (κ1) is 29.1. The third-order valence-corrected chi connectivity index (χ3v) is 15.3. The number of aromatic nitrogens is 2. The van der Waals surface area contributed by atoms with E-state index in [-0.39, 0.29) is 0 Å². The average Bonchev–Trinajstić information content (AvgIpc) is 3.91. The topological polar surface area (TPSA) is 59.7 Å². The Balaban J connectivity index is 1.14. The van der Waals surface area contributed by atoms with Gasteiger partial charge in [-0.25, -0.2) is 20.0 Å². The monoisotopic (exact) mass is 754 g/mol. The summed E-state index contributed by atoms with van der Waals surface area (Å²) in [6, 6.07) is 16.0. The van der Waals surface area contributed by atoms with Gasteiger partial charge in [0.15, 0.2) is 5.75 Å². The standard InChI is InChI=1S/C34H18N4OS8/c40-22-14-8-2-3-9-15(14)23(41)19(22)35-32-37-30-27(46-32)18-26(44-30)28-21(39-34(18)12-6-1-7-13-34)29-31(45-28)38-33(47-29)36-20-24(42)16-10-4-5-11-17(16)25(20)43/h2-5,8-11H,1,6-7,12-13H2. The maximum absolute atomic E-state index is 7.19. The van der Waals surface area contributed by atoms with Gasteiger partial charge in [0.05, 0.1) is 32.5 Å². The molecule has 2 aliphatic rings. The van der Waals surface area contributed by atoms with Crippen molar-refractivity contribution in [2.75, 3.05) is 0 Å². The Morgan fingerprint density at radius 1 is 0.596 bits per heavy atom. The smallest absolute Gasteiger partial charge is 0.211 e. The van der Waals surface area contributed by atoms with Gasteiger partial charge in [-0.05, 0) is 25.7 Å². The number of nitrogens with zero attached hydrogens (tertiary/aromatic N) is 4. The number of benzene rings is 2. The quantitative estimate of drug-likeness (QED) is 0.163. The Bertz CT molecular complexity index is 2870. The van der Waals surface area contributed by atoms with Crippen LogP contribution in [0.1, 0.15) is 37.7 Å². The van der Waals surface area contributed by atoms with Gasteiger partial charge >= 0.3 is 0 Å². The summed E-state index contributed by atoms with van der Waals surface area (Å²) in [5, 5.41) is 6.55. The number of rotatable bonds is 2. The normalized spacial score (nSPS) is 15.5. The van der Waals surface area contributed by atoms with E-state index >= 15 is 0 Å². The molecule has 0 radical (unpaired) electrons. The first-order valence-corrected chi connectivity index (χ1v) is 19.9. The summed E-state index contributed by atoms with van der Waals surface area (Å²) >= 11 is 29.7. The van der Waals surface area contributed by atoms with Crippen LogP contribution in [0.4, 0.5) is 10.3 Å². The molecule has 4 aromatic heterocycles.